The Kier molecular flexibility index (Phi) is 2.14. The van der Waals surface area contributed by atoms with Crippen molar-refractivity contribution in [3.05, 3.63) is 11.6 Å². The topological polar surface area (TPSA) is 26.3 Å². The Morgan fingerprint density at radius 1 is 1.31 bits per heavy atom. The first-order valence-electron chi connectivity index (χ1n) is 5.14. The average molecular weight is 180 g/mol. The van der Waals surface area contributed by atoms with Crippen molar-refractivity contribution in [1.82, 2.24) is 0 Å². The molecule has 1 heterocycles. The molecule has 13 heavy (non-hydrogen) atoms. The highest BCUT2D eigenvalue weighted by atomic mass is 16.6. The van der Waals surface area contributed by atoms with Crippen molar-refractivity contribution in [3.8, 4) is 0 Å². The zero-order chi connectivity index (χ0) is 9.31. The van der Waals surface area contributed by atoms with Crippen LogP contribution in [0.4, 0.5) is 0 Å². The smallest absolute Gasteiger partial charge is 0.334 e. The van der Waals surface area contributed by atoms with Crippen LogP contribution in [-0.2, 0) is 9.53 Å². The normalized spacial score (nSPS) is 29.6. The molecule has 0 unspecified atom stereocenters. The molecule has 2 fully saturated rings. The fourth-order valence-corrected chi connectivity index (χ4v) is 2.41. The van der Waals surface area contributed by atoms with E-state index >= 15 is 0 Å². The van der Waals surface area contributed by atoms with Gasteiger partial charge in [-0.2, -0.15) is 0 Å². The van der Waals surface area contributed by atoms with Crippen LogP contribution in [0.2, 0.25) is 0 Å². The second kappa shape index (κ2) is 3.17. The summed E-state index contributed by atoms with van der Waals surface area (Å²) in [5.74, 6) is -0.0793. The molecule has 1 saturated carbocycles. The lowest BCUT2D eigenvalue weighted by molar-refractivity contribution is -0.148. The predicted octanol–water partition coefficient (Wildman–Crippen LogP) is 2.58. The number of esters is 1. The van der Waals surface area contributed by atoms with Gasteiger partial charge in [-0.3, -0.25) is 0 Å². The molecule has 0 N–H and O–H groups in total. The summed E-state index contributed by atoms with van der Waals surface area (Å²) in [6.07, 6.45) is 8.60. The molecule has 0 amide bonds. The van der Waals surface area contributed by atoms with Gasteiger partial charge < -0.3 is 4.74 Å². The predicted molar refractivity (Wildman–Crippen MR) is 50.3 cm³/mol. The standard InChI is InChI=1S/C11H16O2/c1-2-9-8-11(13-10(9)12)6-4-3-5-7-11/h2H,3-8H2,1H3/b9-2+. The minimum absolute atomic E-state index is 0.0793. The molecule has 2 rings (SSSR count). The number of carbonyl (C=O) groups is 1. The van der Waals surface area contributed by atoms with Gasteiger partial charge in [-0.1, -0.05) is 12.5 Å². The maximum absolute atomic E-state index is 11.4. The molecule has 1 spiro atoms. The first-order chi connectivity index (χ1) is 6.26. The lowest BCUT2D eigenvalue weighted by Gasteiger charge is -2.31. The minimum atomic E-state index is -0.100. The van der Waals surface area contributed by atoms with Crippen molar-refractivity contribution >= 4 is 5.97 Å². The van der Waals surface area contributed by atoms with E-state index in [1.54, 1.807) is 0 Å². The number of ether oxygens (including phenoxy) is 1. The van der Waals surface area contributed by atoms with Crippen molar-refractivity contribution in [3.63, 3.8) is 0 Å². The van der Waals surface area contributed by atoms with Gasteiger partial charge >= 0.3 is 5.97 Å². The fraction of sp³-hybridized carbons (Fsp3) is 0.727. The largest absolute Gasteiger partial charge is 0.455 e. The van der Waals surface area contributed by atoms with E-state index in [9.17, 15) is 4.79 Å². The molecule has 0 aromatic rings. The summed E-state index contributed by atoms with van der Waals surface area (Å²) in [6.45, 7) is 1.92. The Bertz CT molecular complexity index is 247. The first-order valence-corrected chi connectivity index (χ1v) is 5.14. The summed E-state index contributed by atoms with van der Waals surface area (Å²) >= 11 is 0. The maximum Gasteiger partial charge on any atom is 0.334 e. The fourth-order valence-electron chi connectivity index (χ4n) is 2.41. The molecule has 0 aromatic heterocycles. The van der Waals surface area contributed by atoms with Crippen molar-refractivity contribution < 1.29 is 9.53 Å². The van der Waals surface area contributed by atoms with E-state index in [4.69, 9.17) is 4.74 Å². The Morgan fingerprint density at radius 2 is 2.00 bits per heavy atom. The van der Waals surface area contributed by atoms with Crippen LogP contribution in [0.25, 0.3) is 0 Å². The van der Waals surface area contributed by atoms with Crippen LogP contribution in [0.1, 0.15) is 45.4 Å². The molecule has 1 aliphatic carbocycles. The van der Waals surface area contributed by atoms with E-state index < -0.39 is 0 Å². The molecule has 0 atom stereocenters. The van der Waals surface area contributed by atoms with E-state index in [2.05, 4.69) is 0 Å². The van der Waals surface area contributed by atoms with Gasteiger partial charge in [0.05, 0.1) is 0 Å². The monoisotopic (exact) mass is 180 g/mol. The van der Waals surface area contributed by atoms with Gasteiger partial charge in [-0.25, -0.2) is 4.79 Å². The Labute approximate surface area is 79.0 Å². The molecule has 2 nitrogen and oxygen atoms in total. The number of rotatable bonds is 0. The third kappa shape index (κ3) is 1.50. The molecule has 1 aliphatic heterocycles. The van der Waals surface area contributed by atoms with Gasteiger partial charge in [0.1, 0.15) is 5.60 Å². The summed E-state index contributed by atoms with van der Waals surface area (Å²) in [7, 11) is 0. The second-order valence-electron chi connectivity index (χ2n) is 4.12. The highest BCUT2D eigenvalue weighted by Gasteiger charge is 2.43. The van der Waals surface area contributed by atoms with Gasteiger partial charge in [0.15, 0.2) is 0 Å². The zero-order valence-corrected chi connectivity index (χ0v) is 8.14. The summed E-state index contributed by atoms with van der Waals surface area (Å²) in [6, 6.07) is 0. The van der Waals surface area contributed by atoms with E-state index in [0.717, 1.165) is 24.8 Å². The highest BCUT2D eigenvalue weighted by Crippen LogP contribution is 2.41. The summed E-state index contributed by atoms with van der Waals surface area (Å²) in [4.78, 5) is 11.4. The summed E-state index contributed by atoms with van der Waals surface area (Å²) in [5.41, 5.74) is 0.777. The molecule has 0 aromatic carbocycles. The van der Waals surface area contributed by atoms with Crippen LogP contribution in [0.3, 0.4) is 0 Å². The van der Waals surface area contributed by atoms with Crippen molar-refractivity contribution in [2.45, 2.75) is 51.0 Å². The quantitative estimate of drug-likeness (QED) is 0.423. The van der Waals surface area contributed by atoms with E-state index in [0.29, 0.717) is 0 Å². The van der Waals surface area contributed by atoms with E-state index in [1.807, 2.05) is 13.0 Å². The van der Waals surface area contributed by atoms with Crippen LogP contribution in [-0.4, -0.2) is 11.6 Å². The number of allylic oxidation sites excluding steroid dienone is 1. The van der Waals surface area contributed by atoms with Gasteiger partial charge in [-0.05, 0) is 32.6 Å². The summed E-state index contributed by atoms with van der Waals surface area (Å²) < 4.78 is 5.49. The number of hydrogen-bond donors (Lipinski definition) is 0. The second-order valence-corrected chi connectivity index (χ2v) is 4.12. The van der Waals surface area contributed by atoms with Crippen LogP contribution >= 0.6 is 0 Å². The number of carbonyl (C=O) groups excluding carboxylic acids is 1. The molecular formula is C11H16O2. The van der Waals surface area contributed by atoms with Gasteiger partial charge in [0, 0.05) is 12.0 Å². The molecule has 1 saturated heterocycles. The van der Waals surface area contributed by atoms with Crippen LogP contribution < -0.4 is 0 Å². The third-order valence-corrected chi connectivity index (χ3v) is 3.20. The lowest BCUT2D eigenvalue weighted by atomic mass is 9.82. The third-order valence-electron chi connectivity index (χ3n) is 3.20. The SMILES string of the molecule is C/C=C1\CC2(CCCCC2)OC1=O. The first kappa shape index (κ1) is 8.79. The Hall–Kier alpha value is -0.790. The molecule has 2 heteroatoms. The van der Waals surface area contributed by atoms with Crippen molar-refractivity contribution in [1.29, 1.82) is 0 Å². The maximum atomic E-state index is 11.4. The highest BCUT2D eigenvalue weighted by molar-refractivity contribution is 5.91. The molecular weight excluding hydrogens is 164 g/mol. The van der Waals surface area contributed by atoms with Crippen LogP contribution in [0, 0.1) is 0 Å². The van der Waals surface area contributed by atoms with Gasteiger partial charge in [0.2, 0.25) is 0 Å². The molecule has 0 bridgehead atoms. The van der Waals surface area contributed by atoms with Gasteiger partial charge in [0.25, 0.3) is 0 Å². The van der Waals surface area contributed by atoms with Gasteiger partial charge in [-0.15, -0.1) is 0 Å². The van der Waals surface area contributed by atoms with Crippen LogP contribution in [0.5, 0.6) is 0 Å². The van der Waals surface area contributed by atoms with E-state index in [1.165, 1.54) is 19.3 Å². The Balaban J connectivity index is 2.14. The minimum Gasteiger partial charge on any atom is -0.455 e. The van der Waals surface area contributed by atoms with Crippen molar-refractivity contribution in [2.75, 3.05) is 0 Å². The molecule has 0 radical (unpaired) electrons. The Morgan fingerprint density at radius 3 is 2.54 bits per heavy atom. The zero-order valence-electron chi connectivity index (χ0n) is 8.14. The van der Waals surface area contributed by atoms with Crippen molar-refractivity contribution in [2.24, 2.45) is 0 Å². The average Bonchev–Trinajstić information content (AvgIpc) is 2.44. The van der Waals surface area contributed by atoms with Crippen LogP contribution in [0.15, 0.2) is 11.6 Å². The number of hydrogen-bond acceptors (Lipinski definition) is 2. The molecule has 72 valence electrons. The molecule has 2 aliphatic rings. The van der Waals surface area contributed by atoms with E-state index in [-0.39, 0.29) is 11.6 Å². The summed E-state index contributed by atoms with van der Waals surface area (Å²) in [5, 5.41) is 0. The lowest BCUT2D eigenvalue weighted by Crippen LogP contribution is -2.30.